The van der Waals surface area contributed by atoms with E-state index in [0.29, 0.717) is 24.2 Å². The van der Waals surface area contributed by atoms with Crippen LogP contribution in [0.1, 0.15) is 107 Å². The Hall–Kier alpha value is -3.32. The lowest BCUT2D eigenvalue weighted by molar-refractivity contribution is -0.302. The molecule has 12 heteroatoms. The Bertz CT molecular complexity index is 1600. The van der Waals surface area contributed by atoms with Gasteiger partial charge >= 0.3 is 18.0 Å². The Labute approximate surface area is 306 Å². The lowest BCUT2D eigenvalue weighted by Crippen LogP contribution is -2.75. The fourth-order valence-corrected chi connectivity index (χ4v) is 9.87. The summed E-state index contributed by atoms with van der Waals surface area (Å²) in [5, 5.41) is 39.3. The molecule has 0 radical (unpaired) electrons. The van der Waals surface area contributed by atoms with Crippen molar-refractivity contribution in [1.82, 2.24) is 5.32 Å². The van der Waals surface area contributed by atoms with Crippen molar-refractivity contribution in [3.8, 4) is 0 Å². The Kier molecular flexibility index (Phi) is 10.6. The van der Waals surface area contributed by atoms with Crippen molar-refractivity contribution in [3.05, 3.63) is 47.0 Å². The van der Waals surface area contributed by atoms with E-state index in [9.17, 15) is 34.5 Å². The van der Waals surface area contributed by atoms with Gasteiger partial charge in [-0.1, -0.05) is 65.0 Å². The summed E-state index contributed by atoms with van der Waals surface area (Å²) in [6.45, 7) is 17.9. The van der Waals surface area contributed by atoms with Crippen LogP contribution in [0.4, 0.5) is 4.79 Å². The first-order valence-corrected chi connectivity index (χ1v) is 18.4. The predicted molar refractivity (Wildman–Crippen MR) is 190 cm³/mol. The maximum absolute atomic E-state index is 14.6. The number of fused-ring (bicyclic) bond motifs is 5. The van der Waals surface area contributed by atoms with Crippen molar-refractivity contribution in [3.63, 3.8) is 0 Å². The molecule has 0 aromatic heterocycles. The predicted octanol–water partition coefficient (Wildman–Crippen LogP) is 4.73. The number of carbonyl (C=O) groups excluding carboxylic acids is 4. The lowest BCUT2D eigenvalue weighted by atomic mass is 9.40. The van der Waals surface area contributed by atoms with Gasteiger partial charge in [0.15, 0.2) is 5.78 Å². The maximum Gasteiger partial charge on any atom is 0.408 e. The molecule has 1 saturated heterocycles. The summed E-state index contributed by atoms with van der Waals surface area (Å²) in [4.78, 5) is 55.2. The average Bonchev–Trinajstić information content (AvgIpc) is 3.05. The summed E-state index contributed by atoms with van der Waals surface area (Å²) in [5.41, 5.74) is -4.66. The van der Waals surface area contributed by atoms with Gasteiger partial charge in [-0.25, -0.2) is 9.59 Å². The van der Waals surface area contributed by atoms with Crippen molar-refractivity contribution in [2.75, 3.05) is 6.61 Å². The van der Waals surface area contributed by atoms with Crippen LogP contribution in [0.5, 0.6) is 0 Å². The second-order valence-electron chi connectivity index (χ2n) is 17.3. The Morgan fingerprint density at radius 1 is 1.08 bits per heavy atom. The van der Waals surface area contributed by atoms with Gasteiger partial charge in [0.2, 0.25) is 6.10 Å². The first kappa shape index (κ1) is 39.9. The van der Waals surface area contributed by atoms with Crippen molar-refractivity contribution >= 4 is 23.8 Å². The van der Waals surface area contributed by atoms with E-state index in [4.69, 9.17) is 18.9 Å². The highest BCUT2D eigenvalue weighted by Gasteiger charge is 2.73. The number of amides is 1. The molecule has 1 amide bonds. The van der Waals surface area contributed by atoms with Gasteiger partial charge < -0.3 is 39.6 Å². The molecule has 2 unspecified atom stereocenters. The molecule has 1 aliphatic heterocycles. The number of ether oxygens (including phenoxy) is 4. The highest BCUT2D eigenvalue weighted by atomic mass is 16.6. The first-order chi connectivity index (χ1) is 24.0. The van der Waals surface area contributed by atoms with Crippen LogP contribution in [-0.4, -0.2) is 87.5 Å². The van der Waals surface area contributed by atoms with Crippen LogP contribution < -0.4 is 5.32 Å². The molecule has 3 aliphatic carbocycles. The molecule has 0 spiro atoms. The number of carbonyl (C=O) groups is 4. The molecule has 1 aromatic carbocycles. The number of aliphatic hydroxyl groups excluding tert-OH is 2. The van der Waals surface area contributed by atoms with Gasteiger partial charge in [0.05, 0.1) is 29.8 Å². The maximum atomic E-state index is 14.6. The summed E-state index contributed by atoms with van der Waals surface area (Å²) in [6, 6.07) is 7.30. The summed E-state index contributed by atoms with van der Waals surface area (Å²) in [6.07, 6.45) is -6.29. The fourth-order valence-electron chi connectivity index (χ4n) is 9.87. The van der Waals surface area contributed by atoms with Gasteiger partial charge in [0, 0.05) is 30.1 Å². The first-order valence-electron chi connectivity index (χ1n) is 18.4. The number of nitrogens with one attached hydrogen (secondary N) is 1. The number of esters is 2. The molecule has 2 bridgehead atoms. The monoisotopic (exact) mass is 727 g/mol. The zero-order valence-electron chi connectivity index (χ0n) is 32.1. The van der Waals surface area contributed by atoms with Gasteiger partial charge in [-0.2, -0.15) is 0 Å². The zero-order chi connectivity index (χ0) is 38.8. The summed E-state index contributed by atoms with van der Waals surface area (Å²) in [5.74, 6) is -3.49. The van der Waals surface area contributed by atoms with E-state index in [1.807, 2.05) is 13.8 Å². The van der Waals surface area contributed by atoms with Gasteiger partial charge in [-0.05, 0) is 69.6 Å². The molecule has 2 saturated carbocycles. The number of Topliss-reactive ketones (excluding diaryl/α,β-unsaturated/α-hetero) is 1. The summed E-state index contributed by atoms with van der Waals surface area (Å²) >= 11 is 0. The third kappa shape index (κ3) is 6.47. The fraction of sp³-hybridized carbons (Fsp3) is 0.700. The summed E-state index contributed by atoms with van der Waals surface area (Å²) in [7, 11) is 0. The van der Waals surface area contributed by atoms with Gasteiger partial charge in [0.25, 0.3) is 0 Å². The third-order valence-corrected chi connectivity index (χ3v) is 12.6. The molecule has 1 heterocycles. The Morgan fingerprint density at radius 2 is 1.71 bits per heavy atom. The van der Waals surface area contributed by atoms with E-state index >= 15 is 0 Å². The molecule has 4 aliphatic rings. The number of ketones is 1. The Balaban J connectivity index is 1.59. The van der Waals surface area contributed by atoms with E-state index in [0.717, 1.165) is 0 Å². The highest BCUT2D eigenvalue weighted by molar-refractivity contribution is 5.93. The average molecular weight is 728 g/mol. The van der Waals surface area contributed by atoms with Gasteiger partial charge in [-0.15, -0.1) is 0 Å². The highest BCUT2D eigenvalue weighted by Crippen LogP contribution is 2.66. The van der Waals surface area contributed by atoms with Gasteiger partial charge in [-0.3, -0.25) is 9.59 Å². The number of hydrogen-bond acceptors (Lipinski definition) is 11. The standard InChI is InChI=1S/C40H57NO11/c1-11-15-27(43)51-31(29(23-16-13-12-14-17-23)41-35(47)52-36(4,5)6)34(46)50-24-19-40(48)22(3)32-38(9)20-49-26(38)18-25(42)39(32,10)33(45)30(44)28(21(24)2)37(40,7)8/h12-14,16-17,22,24-26,29-32,42,44,48H,11,15,18-20H2,1-10H3,(H,41,47)/t22?,24-,25-,26+,29-,30+,31+,32?,38+,39+,40+/m0/s1. The van der Waals surface area contributed by atoms with Crippen LogP contribution in [-0.2, 0) is 33.3 Å². The number of aliphatic hydroxyl groups is 3. The van der Waals surface area contributed by atoms with E-state index in [-0.39, 0.29) is 30.9 Å². The molecule has 4 N–H and O–H groups in total. The zero-order valence-corrected chi connectivity index (χ0v) is 32.1. The molecular weight excluding hydrogens is 670 g/mol. The molecule has 5 rings (SSSR count). The number of benzene rings is 1. The molecule has 12 nitrogen and oxygen atoms in total. The van der Waals surface area contributed by atoms with E-state index in [1.165, 1.54) is 0 Å². The quantitative estimate of drug-likeness (QED) is 0.165. The minimum atomic E-state index is -1.72. The topological polar surface area (TPSA) is 178 Å². The second-order valence-corrected chi connectivity index (χ2v) is 17.3. The van der Waals surface area contributed by atoms with Crippen LogP contribution in [0.3, 0.4) is 0 Å². The molecule has 288 valence electrons. The van der Waals surface area contributed by atoms with Crippen LogP contribution in [0, 0.1) is 28.1 Å². The van der Waals surface area contributed by atoms with Crippen LogP contribution >= 0.6 is 0 Å². The van der Waals surface area contributed by atoms with E-state index in [2.05, 4.69) is 5.32 Å². The minimum Gasteiger partial charge on any atom is -0.455 e. The minimum absolute atomic E-state index is 0.000519. The number of hydrogen-bond donors (Lipinski definition) is 4. The molecule has 1 aromatic rings. The van der Waals surface area contributed by atoms with Crippen LogP contribution in [0.15, 0.2) is 41.5 Å². The van der Waals surface area contributed by atoms with Crippen molar-refractivity contribution in [2.45, 2.75) is 143 Å². The molecule has 11 atom stereocenters. The third-order valence-electron chi connectivity index (χ3n) is 12.6. The van der Waals surface area contributed by atoms with Crippen LogP contribution in [0.25, 0.3) is 0 Å². The molecule has 3 fully saturated rings. The van der Waals surface area contributed by atoms with Crippen molar-refractivity contribution < 1.29 is 53.4 Å². The largest absolute Gasteiger partial charge is 0.455 e. The SMILES string of the molecule is CCCC(=O)O[C@@H](C(=O)O[C@H]1C[C@@]2(O)C(C)C3[C@]4(C)CO[C@@H]4C[C@H](O)[C@@]3(C)C(=O)[C@H](O)C(=C1C)C2(C)C)[C@@H](NC(=O)OC(C)(C)C)c1ccccc1. The van der Waals surface area contributed by atoms with Crippen molar-refractivity contribution in [1.29, 1.82) is 0 Å². The van der Waals surface area contributed by atoms with Crippen LogP contribution in [0.2, 0.25) is 0 Å². The number of rotatable bonds is 8. The van der Waals surface area contributed by atoms with Crippen molar-refractivity contribution in [2.24, 2.45) is 28.1 Å². The molecule has 52 heavy (non-hydrogen) atoms. The normalized spacial score (nSPS) is 36.4. The van der Waals surface area contributed by atoms with E-state index in [1.54, 1.807) is 85.7 Å². The molecular formula is C40H57NO11. The number of alkyl carbamates (subject to hydrolysis) is 1. The lowest BCUT2D eigenvalue weighted by Gasteiger charge is -2.68. The summed E-state index contributed by atoms with van der Waals surface area (Å²) < 4.78 is 23.4. The van der Waals surface area contributed by atoms with E-state index < -0.39 is 93.6 Å². The smallest absolute Gasteiger partial charge is 0.408 e. The van der Waals surface area contributed by atoms with Gasteiger partial charge in [0.1, 0.15) is 23.9 Å². The Morgan fingerprint density at radius 3 is 2.27 bits per heavy atom. The second kappa shape index (κ2) is 13.8.